The fraction of sp³-hybridized carbons (Fsp3) is 0.769. The second-order valence-corrected chi connectivity index (χ2v) is 4.75. The van der Waals surface area contributed by atoms with Crippen LogP contribution >= 0.6 is 0 Å². The highest BCUT2D eigenvalue weighted by Crippen LogP contribution is 2.17. The maximum Gasteiger partial charge on any atom is 0.160 e. The molecule has 0 radical (unpaired) electrons. The first kappa shape index (κ1) is 12.3. The van der Waals surface area contributed by atoms with Gasteiger partial charge in [0.15, 0.2) is 5.78 Å². The fourth-order valence-electron chi connectivity index (χ4n) is 1.86. The van der Waals surface area contributed by atoms with Crippen LogP contribution < -0.4 is 0 Å². The van der Waals surface area contributed by atoms with Gasteiger partial charge in [-0.25, -0.2) is 0 Å². The van der Waals surface area contributed by atoms with Crippen LogP contribution in [-0.4, -0.2) is 23.8 Å². The zero-order chi connectivity index (χ0) is 11.3. The number of hydrogen-bond acceptors (Lipinski definition) is 2. The third kappa shape index (κ3) is 4.06. The highest BCUT2D eigenvalue weighted by atomic mass is 16.1. The number of rotatable bonds is 5. The minimum atomic E-state index is 0.323. The number of carbonyl (C=O) groups is 1. The van der Waals surface area contributed by atoms with Gasteiger partial charge < -0.3 is 4.90 Å². The van der Waals surface area contributed by atoms with Crippen molar-refractivity contribution in [2.24, 2.45) is 5.92 Å². The van der Waals surface area contributed by atoms with Crippen LogP contribution in [0.2, 0.25) is 0 Å². The van der Waals surface area contributed by atoms with Crippen LogP contribution in [0.1, 0.15) is 46.5 Å². The molecule has 15 heavy (non-hydrogen) atoms. The summed E-state index contributed by atoms with van der Waals surface area (Å²) in [7, 11) is 0. The quantitative estimate of drug-likeness (QED) is 0.693. The Morgan fingerprint density at radius 1 is 1.53 bits per heavy atom. The van der Waals surface area contributed by atoms with Crippen LogP contribution in [0.15, 0.2) is 11.8 Å². The van der Waals surface area contributed by atoms with Crippen molar-refractivity contribution in [3.05, 3.63) is 11.8 Å². The first-order chi connectivity index (χ1) is 7.13. The molecule has 0 unspecified atom stereocenters. The first-order valence-corrected chi connectivity index (χ1v) is 6.11. The van der Waals surface area contributed by atoms with E-state index in [4.69, 9.17) is 0 Å². The van der Waals surface area contributed by atoms with Crippen LogP contribution in [0, 0.1) is 5.92 Å². The Kier molecular flexibility index (Phi) is 4.86. The third-order valence-corrected chi connectivity index (χ3v) is 2.90. The molecule has 2 nitrogen and oxygen atoms in total. The van der Waals surface area contributed by atoms with Crippen LogP contribution in [-0.2, 0) is 4.79 Å². The molecule has 0 N–H and O–H groups in total. The summed E-state index contributed by atoms with van der Waals surface area (Å²) < 4.78 is 0. The normalized spacial score (nSPS) is 16.8. The van der Waals surface area contributed by atoms with Gasteiger partial charge in [0.1, 0.15) is 0 Å². The van der Waals surface area contributed by atoms with E-state index in [1.807, 2.05) is 6.92 Å². The first-order valence-electron chi connectivity index (χ1n) is 6.11. The standard InChI is InChI=1S/C13H23NO/c1-4-13(15)12-6-5-8-14(10-12)9-7-11(2)3/h10-11H,4-9H2,1-3H3. The average molecular weight is 209 g/mol. The van der Waals surface area contributed by atoms with E-state index in [0.717, 1.165) is 37.4 Å². The maximum absolute atomic E-state index is 11.6. The molecule has 0 amide bonds. The zero-order valence-electron chi connectivity index (χ0n) is 10.3. The van der Waals surface area contributed by atoms with Crippen molar-refractivity contribution < 1.29 is 4.79 Å². The van der Waals surface area contributed by atoms with Crippen molar-refractivity contribution >= 4 is 5.78 Å². The minimum absolute atomic E-state index is 0.323. The van der Waals surface area contributed by atoms with E-state index in [1.54, 1.807) is 0 Å². The van der Waals surface area contributed by atoms with Crippen LogP contribution in [0.25, 0.3) is 0 Å². The molecule has 0 bridgehead atoms. The lowest BCUT2D eigenvalue weighted by Gasteiger charge is -2.26. The van der Waals surface area contributed by atoms with Gasteiger partial charge in [-0.3, -0.25) is 4.79 Å². The molecule has 0 fully saturated rings. The molecular formula is C13H23NO. The van der Waals surface area contributed by atoms with E-state index >= 15 is 0 Å². The summed E-state index contributed by atoms with van der Waals surface area (Å²) in [6, 6.07) is 0. The van der Waals surface area contributed by atoms with Gasteiger partial charge in [-0.1, -0.05) is 20.8 Å². The van der Waals surface area contributed by atoms with Crippen molar-refractivity contribution in [3.63, 3.8) is 0 Å². The molecular weight excluding hydrogens is 186 g/mol. The molecule has 0 atom stereocenters. The Labute approximate surface area is 93.3 Å². The van der Waals surface area contributed by atoms with Gasteiger partial charge in [-0.2, -0.15) is 0 Å². The Hall–Kier alpha value is -0.790. The Bertz CT molecular complexity index is 243. The number of carbonyl (C=O) groups excluding carboxylic acids is 1. The minimum Gasteiger partial charge on any atom is -0.377 e. The average Bonchev–Trinajstić information content (AvgIpc) is 2.25. The molecule has 1 aliphatic rings. The van der Waals surface area contributed by atoms with Crippen molar-refractivity contribution in [1.82, 2.24) is 4.90 Å². The lowest BCUT2D eigenvalue weighted by atomic mass is 10.0. The molecule has 0 saturated heterocycles. The molecule has 0 saturated carbocycles. The molecule has 0 aromatic rings. The van der Waals surface area contributed by atoms with Crippen molar-refractivity contribution in [3.8, 4) is 0 Å². The van der Waals surface area contributed by atoms with Crippen LogP contribution in [0.4, 0.5) is 0 Å². The Morgan fingerprint density at radius 2 is 2.27 bits per heavy atom. The largest absolute Gasteiger partial charge is 0.377 e. The summed E-state index contributed by atoms with van der Waals surface area (Å²) in [4.78, 5) is 13.9. The predicted octanol–water partition coefficient (Wildman–Crippen LogP) is 2.99. The van der Waals surface area contributed by atoms with Gasteiger partial charge in [0.2, 0.25) is 0 Å². The molecule has 0 spiro atoms. The number of hydrogen-bond donors (Lipinski definition) is 0. The third-order valence-electron chi connectivity index (χ3n) is 2.90. The summed E-state index contributed by atoms with van der Waals surface area (Å²) in [5.74, 6) is 1.06. The number of Topliss-reactive ketones (excluding diaryl/α,β-unsaturated/α-hetero) is 1. The lowest BCUT2D eigenvalue weighted by Crippen LogP contribution is -2.26. The van der Waals surface area contributed by atoms with E-state index in [9.17, 15) is 4.79 Å². The zero-order valence-corrected chi connectivity index (χ0v) is 10.3. The second kappa shape index (κ2) is 5.94. The number of nitrogens with zero attached hydrogens (tertiary/aromatic N) is 1. The van der Waals surface area contributed by atoms with Gasteiger partial charge in [0.05, 0.1) is 0 Å². The summed E-state index contributed by atoms with van der Waals surface area (Å²) in [6.45, 7) is 8.64. The maximum atomic E-state index is 11.6. The Balaban J connectivity index is 2.49. The monoisotopic (exact) mass is 209 g/mol. The molecule has 0 aliphatic carbocycles. The molecule has 1 rings (SSSR count). The summed E-state index contributed by atoms with van der Waals surface area (Å²) in [6.07, 6.45) is 6.06. The fourth-order valence-corrected chi connectivity index (χ4v) is 1.86. The van der Waals surface area contributed by atoms with Gasteiger partial charge in [-0.05, 0) is 25.2 Å². The van der Waals surface area contributed by atoms with Gasteiger partial charge in [0, 0.05) is 31.3 Å². The molecule has 0 aromatic heterocycles. The predicted molar refractivity (Wildman–Crippen MR) is 63.6 cm³/mol. The van der Waals surface area contributed by atoms with Crippen LogP contribution in [0.5, 0.6) is 0 Å². The van der Waals surface area contributed by atoms with Gasteiger partial charge >= 0.3 is 0 Å². The second-order valence-electron chi connectivity index (χ2n) is 4.75. The van der Waals surface area contributed by atoms with E-state index in [2.05, 4.69) is 24.9 Å². The smallest absolute Gasteiger partial charge is 0.160 e. The molecule has 0 aromatic carbocycles. The number of ketones is 1. The molecule has 1 heterocycles. The molecule has 2 heteroatoms. The number of allylic oxidation sites excluding steroid dienone is 1. The van der Waals surface area contributed by atoms with Crippen LogP contribution in [0.3, 0.4) is 0 Å². The summed E-state index contributed by atoms with van der Waals surface area (Å²) in [5.41, 5.74) is 1.03. The van der Waals surface area contributed by atoms with E-state index < -0.39 is 0 Å². The van der Waals surface area contributed by atoms with Crippen molar-refractivity contribution in [2.45, 2.75) is 46.5 Å². The van der Waals surface area contributed by atoms with Gasteiger partial charge in [0.25, 0.3) is 0 Å². The molecule has 1 aliphatic heterocycles. The Morgan fingerprint density at radius 3 is 2.87 bits per heavy atom. The highest BCUT2D eigenvalue weighted by molar-refractivity contribution is 5.95. The van der Waals surface area contributed by atoms with E-state index in [0.29, 0.717) is 12.2 Å². The molecule has 86 valence electrons. The van der Waals surface area contributed by atoms with E-state index in [1.165, 1.54) is 6.42 Å². The van der Waals surface area contributed by atoms with Crippen molar-refractivity contribution in [1.29, 1.82) is 0 Å². The highest BCUT2D eigenvalue weighted by Gasteiger charge is 2.14. The SMILES string of the molecule is CCC(=O)C1=CN(CCC(C)C)CCC1. The van der Waals surface area contributed by atoms with Gasteiger partial charge in [-0.15, -0.1) is 0 Å². The topological polar surface area (TPSA) is 20.3 Å². The summed E-state index contributed by atoms with van der Waals surface area (Å²) >= 11 is 0. The van der Waals surface area contributed by atoms with Crippen molar-refractivity contribution in [2.75, 3.05) is 13.1 Å². The summed E-state index contributed by atoms with van der Waals surface area (Å²) in [5, 5.41) is 0. The lowest BCUT2D eigenvalue weighted by molar-refractivity contribution is -0.115. The van der Waals surface area contributed by atoms with E-state index in [-0.39, 0.29) is 0 Å².